The van der Waals surface area contributed by atoms with Crippen molar-refractivity contribution < 1.29 is 14.3 Å². The topological polar surface area (TPSA) is 55.4 Å². The minimum Gasteiger partial charge on any atom is -0.465 e. The number of aryl methyl sites for hydroxylation is 1. The number of benzene rings is 1. The molecule has 0 heterocycles. The molecule has 0 bridgehead atoms. The molecule has 116 valence electrons. The van der Waals surface area contributed by atoms with Gasteiger partial charge in [-0.15, -0.1) is 0 Å². The van der Waals surface area contributed by atoms with Gasteiger partial charge in [0.15, 0.2) is 0 Å². The number of anilines is 1. The van der Waals surface area contributed by atoms with Gasteiger partial charge in [-0.3, -0.25) is 9.59 Å². The highest BCUT2D eigenvalue weighted by Crippen LogP contribution is 2.29. The molecule has 0 saturated heterocycles. The highest BCUT2D eigenvalue weighted by Gasteiger charge is 2.38. The summed E-state index contributed by atoms with van der Waals surface area (Å²) >= 11 is 6.04. The minimum atomic E-state index is -0.877. The van der Waals surface area contributed by atoms with Crippen LogP contribution in [0, 0.1) is 18.3 Å². The van der Waals surface area contributed by atoms with Crippen molar-refractivity contribution in [3.63, 3.8) is 0 Å². The Kier molecular flexibility index (Phi) is 5.78. The second-order valence-electron chi connectivity index (χ2n) is 6.00. The third-order valence-electron chi connectivity index (χ3n) is 3.09. The van der Waals surface area contributed by atoms with E-state index in [2.05, 4.69) is 5.32 Å². The highest BCUT2D eigenvalue weighted by atomic mass is 35.5. The van der Waals surface area contributed by atoms with E-state index in [1.165, 1.54) is 0 Å². The van der Waals surface area contributed by atoms with Crippen LogP contribution in [0.25, 0.3) is 0 Å². The lowest BCUT2D eigenvalue weighted by Crippen LogP contribution is -2.40. The van der Waals surface area contributed by atoms with Gasteiger partial charge in [-0.05, 0) is 37.0 Å². The molecule has 21 heavy (non-hydrogen) atoms. The monoisotopic (exact) mass is 311 g/mol. The Balaban J connectivity index is 2.96. The number of nitrogens with one attached hydrogen (secondary N) is 1. The molecular weight excluding hydrogens is 290 g/mol. The molecular formula is C16H22ClNO3. The lowest BCUT2D eigenvalue weighted by atomic mass is 9.80. The molecule has 5 heteroatoms. The van der Waals surface area contributed by atoms with Gasteiger partial charge in [-0.2, -0.15) is 0 Å². The molecule has 4 nitrogen and oxygen atoms in total. The second kappa shape index (κ2) is 6.94. The maximum Gasteiger partial charge on any atom is 0.319 e. The van der Waals surface area contributed by atoms with E-state index in [0.29, 0.717) is 10.7 Å². The van der Waals surface area contributed by atoms with Crippen molar-refractivity contribution in [3.05, 3.63) is 28.8 Å². The van der Waals surface area contributed by atoms with Crippen molar-refractivity contribution in [1.29, 1.82) is 0 Å². The van der Waals surface area contributed by atoms with E-state index in [0.717, 1.165) is 5.56 Å². The number of hydrogen-bond donors (Lipinski definition) is 1. The number of amides is 1. The summed E-state index contributed by atoms with van der Waals surface area (Å²) in [6.07, 6.45) is 0. The Hall–Kier alpha value is -1.55. The summed E-state index contributed by atoms with van der Waals surface area (Å²) in [5.74, 6) is -1.78. The average molecular weight is 312 g/mol. The average Bonchev–Trinajstić information content (AvgIpc) is 2.32. The van der Waals surface area contributed by atoms with E-state index in [-0.39, 0.29) is 12.5 Å². The molecule has 0 aliphatic rings. The van der Waals surface area contributed by atoms with E-state index >= 15 is 0 Å². The molecule has 0 spiro atoms. The molecule has 0 fully saturated rings. The molecule has 1 N–H and O–H groups in total. The predicted molar refractivity (Wildman–Crippen MR) is 84.4 cm³/mol. The van der Waals surface area contributed by atoms with E-state index in [1.807, 2.05) is 33.8 Å². The smallest absolute Gasteiger partial charge is 0.319 e. The van der Waals surface area contributed by atoms with Crippen LogP contribution in [0.3, 0.4) is 0 Å². The van der Waals surface area contributed by atoms with Gasteiger partial charge in [0.05, 0.1) is 6.61 Å². The fraction of sp³-hybridized carbons (Fsp3) is 0.500. The summed E-state index contributed by atoms with van der Waals surface area (Å²) in [5.41, 5.74) is 0.951. The van der Waals surface area contributed by atoms with Gasteiger partial charge in [-0.25, -0.2) is 0 Å². The van der Waals surface area contributed by atoms with Crippen LogP contribution in [0.2, 0.25) is 5.02 Å². The van der Waals surface area contributed by atoms with Crippen LogP contribution in [0.5, 0.6) is 0 Å². The Morgan fingerprint density at radius 3 is 2.43 bits per heavy atom. The van der Waals surface area contributed by atoms with Crippen molar-refractivity contribution in [2.45, 2.75) is 34.6 Å². The number of halogens is 1. The van der Waals surface area contributed by atoms with Crippen LogP contribution in [0.1, 0.15) is 33.3 Å². The summed E-state index contributed by atoms with van der Waals surface area (Å²) in [5, 5.41) is 3.30. The van der Waals surface area contributed by atoms with Gasteiger partial charge in [-0.1, -0.05) is 38.4 Å². The molecule has 1 amide bonds. The molecule has 1 atom stereocenters. The van der Waals surface area contributed by atoms with Gasteiger partial charge in [0.25, 0.3) is 0 Å². The zero-order valence-corrected chi connectivity index (χ0v) is 13.9. The van der Waals surface area contributed by atoms with E-state index < -0.39 is 17.3 Å². The quantitative estimate of drug-likeness (QED) is 0.679. The van der Waals surface area contributed by atoms with Gasteiger partial charge in [0.2, 0.25) is 5.91 Å². The number of ether oxygens (including phenoxy) is 1. The summed E-state index contributed by atoms with van der Waals surface area (Å²) < 4.78 is 5.01. The zero-order valence-electron chi connectivity index (χ0n) is 13.1. The third kappa shape index (κ3) is 4.74. The SMILES string of the molecule is CCOC(=O)C(C(=O)Nc1ccc(C)c(Cl)c1)C(C)(C)C. The molecule has 0 aliphatic carbocycles. The fourth-order valence-electron chi connectivity index (χ4n) is 1.96. The van der Waals surface area contributed by atoms with Crippen molar-refractivity contribution in [2.75, 3.05) is 11.9 Å². The number of rotatable bonds is 4. The molecule has 1 aromatic carbocycles. The van der Waals surface area contributed by atoms with Crippen LogP contribution >= 0.6 is 11.6 Å². The molecule has 1 aromatic rings. The molecule has 0 aliphatic heterocycles. The molecule has 0 radical (unpaired) electrons. The summed E-state index contributed by atoms with van der Waals surface area (Å²) in [6.45, 7) is 9.33. The first-order chi connectivity index (χ1) is 9.66. The first-order valence-corrected chi connectivity index (χ1v) is 7.28. The van der Waals surface area contributed by atoms with Crippen LogP contribution in [0.4, 0.5) is 5.69 Å². The maximum absolute atomic E-state index is 12.4. The summed E-state index contributed by atoms with van der Waals surface area (Å²) in [7, 11) is 0. The first-order valence-electron chi connectivity index (χ1n) is 6.90. The maximum atomic E-state index is 12.4. The van der Waals surface area contributed by atoms with Crippen molar-refractivity contribution >= 4 is 29.2 Å². The highest BCUT2D eigenvalue weighted by molar-refractivity contribution is 6.31. The minimum absolute atomic E-state index is 0.245. The van der Waals surface area contributed by atoms with E-state index in [9.17, 15) is 9.59 Å². The van der Waals surface area contributed by atoms with Crippen molar-refractivity contribution in [3.8, 4) is 0 Å². The predicted octanol–water partition coefficient (Wildman–Crippen LogP) is 3.81. The van der Waals surface area contributed by atoms with Crippen LogP contribution in [-0.2, 0) is 14.3 Å². The largest absolute Gasteiger partial charge is 0.465 e. The van der Waals surface area contributed by atoms with E-state index in [1.54, 1.807) is 19.1 Å². The molecule has 1 unspecified atom stereocenters. The van der Waals surface area contributed by atoms with Gasteiger partial charge >= 0.3 is 5.97 Å². The Morgan fingerprint density at radius 2 is 1.95 bits per heavy atom. The van der Waals surface area contributed by atoms with Gasteiger partial charge in [0.1, 0.15) is 5.92 Å². The second-order valence-corrected chi connectivity index (χ2v) is 6.41. The Morgan fingerprint density at radius 1 is 1.33 bits per heavy atom. The molecule has 0 aromatic heterocycles. The van der Waals surface area contributed by atoms with Crippen molar-refractivity contribution in [1.82, 2.24) is 0 Å². The summed E-state index contributed by atoms with van der Waals surface area (Å²) in [6, 6.07) is 5.23. The van der Waals surface area contributed by atoms with E-state index in [4.69, 9.17) is 16.3 Å². The fourth-order valence-corrected chi connectivity index (χ4v) is 2.15. The standard InChI is InChI=1S/C16H22ClNO3/c1-6-21-15(20)13(16(3,4)5)14(19)18-11-8-7-10(2)12(17)9-11/h7-9,13H,6H2,1-5H3,(H,18,19). The Bertz CT molecular complexity index is 535. The third-order valence-corrected chi connectivity index (χ3v) is 3.50. The van der Waals surface area contributed by atoms with Gasteiger partial charge in [0, 0.05) is 10.7 Å². The van der Waals surface area contributed by atoms with Crippen LogP contribution in [-0.4, -0.2) is 18.5 Å². The first kappa shape index (κ1) is 17.5. The van der Waals surface area contributed by atoms with Crippen molar-refractivity contribution in [2.24, 2.45) is 11.3 Å². The lowest BCUT2D eigenvalue weighted by molar-refractivity contribution is -0.155. The van der Waals surface area contributed by atoms with Crippen LogP contribution in [0.15, 0.2) is 18.2 Å². The lowest BCUT2D eigenvalue weighted by Gasteiger charge is -2.27. The molecule has 0 saturated carbocycles. The number of hydrogen-bond acceptors (Lipinski definition) is 3. The zero-order chi connectivity index (χ0) is 16.2. The number of carbonyl (C=O) groups excluding carboxylic acids is 2. The van der Waals surface area contributed by atoms with Crippen LogP contribution < -0.4 is 5.32 Å². The number of carbonyl (C=O) groups is 2. The number of esters is 1. The normalized spacial score (nSPS) is 12.7. The molecule has 1 rings (SSSR count). The summed E-state index contributed by atoms with van der Waals surface area (Å²) in [4.78, 5) is 24.5. The Labute approximate surface area is 130 Å². The van der Waals surface area contributed by atoms with Gasteiger partial charge < -0.3 is 10.1 Å².